The lowest BCUT2D eigenvalue weighted by atomic mass is 9.70. The Kier molecular flexibility index (Phi) is 6.29. The number of aryl methyl sites for hydroxylation is 2. The second-order valence-corrected chi connectivity index (χ2v) is 15.6. The molecule has 0 aliphatic heterocycles. The second-order valence-electron chi connectivity index (χ2n) is 15.6. The van der Waals surface area contributed by atoms with Gasteiger partial charge in [0.15, 0.2) is 0 Å². The van der Waals surface area contributed by atoms with Gasteiger partial charge in [-0.2, -0.15) is 0 Å². The molecule has 0 aromatic heterocycles. The monoisotopic (exact) mass is 652 g/mol. The molecule has 0 amide bonds. The molecule has 1 atom stereocenters. The van der Waals surface area contributed by atoms with Crippen molar-refractivity contribution in [3.63, 3.8) is 0 Å². The molecular weight excluding hydrogens is 613 g/mol. The minimum atomic E-state index is -0.338. The molecule has 2 aliphatic rings. The van der Waals surface area contributed by atoms with Gasteiger partial charge in [-0.1, -0.05) is 158 Å². The van der Waals surface area contributed by atoms with Crippen molar-refractivity contribution in [2.75, 3.05) is 0 Å². The fraction of sp³-hybridized carbons (Fsp3) is 0.137. The largest absolute Gasteiger partial charge is 0.0619 e. The van der Waals surface area contributed by atoms with Crippen molar-refractivity contribution in [2.45, 2.75) is 45.4 Å². The van der Waals surface area contributed by atoms with Crippen LogP contribution in [0, 0.1) is 13.8 Å². The number of hydrogen-bond acceptors (Lipinski definition) is 0. The highest BCUT2D eigenvalue weighted by Gasteiger charge is 2.46. The predicted molar refractivity (Wildman–Crippen MR) is 217 cm³/mol. The molecule has 8 aromatic rings. The van der Waals surface area contributed by atoms with Gasteiger partial charge in [-0.05, 0) is 133 Å². The molecule has 2 aliphatic carbocycles. The lowest BCUT2D eigenvalue weighted by Gasteiger charge is -2.31. The number of rotatable bonds is 3. The van der Waals surface area contributed by atoms with Crippen molar-refractivity contribution in [3.8, 4) is 44.5 Å². The van der Waals surface area contributed by atoms with Crippen molar-refractivity contribution >= 4 is 21.5 Å². The van der Waals surface area contributed by atoms with Crippen LogP contribution >= 0.6 is 0 Å². The molecule has 8 aromatic carbocycles. The van der Waals surface area contributed by atoms with E-state index in [1.807, 2.05) is 0 Å². The van der Waals surface area contributed by atoms with Gasteiger partial charge in [0.2, 0.25) is 0 Å². The Morgan fingerprint density at radius 2 is 0.882 bits per heavy atom. The molecule has 0 bridgehead atoms. The van der Waals surface area contributed by atoms with E-state index in [0.29, 0.717) is 0 Å². The normalized spacial score (nSPS) is 16.6. The Balaban J connectivity index is 1.20. The van der Waals surface area contributed by atoms with Crippen molar-refractivity contribution in [3.05, 3.63) is 191 Å². The lowest BCUT2D eigenvalue weighted by Crippen LogP contribution is -2.24. The van der Waals surface area contributed by atoms with E-state index in [9.17, 15) is 0 Å². The Morgan fingerprint density at radius 1 is 0.353 bits per heavy atom. The van der Waals surface area contributed by atoms with E-state index in [0.717, 1.165) is 0 Å². The average Bonchev–Trinajstić information content (AvgIpc) is 3.55. The Bertz CT molecular complexity index is 2760. The zero-order chi connectivity index (χ0) is 34.6. The maximum atomic E-state index is 2.49. The fourth-order valence-electron chi connectivity index (χ4n) is 9.63. The molecule has 10 rings (SSSR count). The van der Waals surface area contributed by atoms with Gasteiger partial charge in [0.1, 0.15) is 0 Å². The summed E-state index contributed by atoms with van der Waals surface area (Å²) in [5, 5.41) is 5.15. The van der Waals surface area contributed by atoms with Crippen LogP contribution in [0.3, 0.4) is 0 Å². The van der Waals surface area contributed by atoms with Crippen LogP contribution < -0.4 is 0 Å². The van der Waals surface area contributed by atoms with Crippen LogP contribution in [0.2, 0.25) is 0 Å². The van der Waals surface area contributed by atoms with Gasteiger partial charge in [0, 0.05) is 10.8 Å². The van der Waals surface area contributed by atoms with Gasteiger partial charge in [-0.25, -0.2) is 0 Å². The van der Waals surface area contributed by atoms with Crippen molar-refractivity contribution in [2.24, 2.45) is 0 Å². The van der Waals surface area contributed by atoms with E-state index in [1.165, 1.54) is 105 Å². The quantitative estimate of drug-likeness (QED) is 0.178. The topological polar surface area (TPSA) is 0 Å². The molecule has 0 fully saturated rings. The molecule has 0 spiro atoms. The first-order chi connectivity index (χ1) is 24.7. The molecular formula is C51H40. The smallest absolute Gasteiger partial charge is 0.0442 e. The highest BCUT2D eigenvalue weighted by Crippen LogP contribution is 2.60. The Labute approximate surface area is 301 Å². The molecule has 0 heteroatoms. The highest BCUT2D eigenvalue weighted by molar-refractivity contribution is 5.96. The van der Waals surface area contributed by atoms with Gasteiger partial charge in [-0.3, -0.25) is 0 Å². The summed E-state index contributed by atoms with van der Waals surface area (Å²) in [6, 6.07) is 57.7. The summed E-state index contributed by atoms with van der Waals surface area (Å²) in [5.41, 5.74) is 19.6. The standard InChI is InChI=1S/C51H40/c1-31-16-18-33-20-22-35(28-38(33)26-31)36-24-25-42-41-10-6-7-13-44(41)51(5,47(42)30-36)46-15-9-14-45-48(46)43-12-8-11-40(49(43)50(45,3)4)37-23-21-34-19-17-32(2)27-39(34)29-37/h6-30H,1-5H3. The van der Waals surface area contributed by atoms with Crippen LogP contribution in [0.5, 0.6) is 0 Å². The molecule has 244 valence electrons. The van der Waals surface area contributed by atoms with Crippen LogP contribution in [0.4, 0.5) is 0 Å². The summed E-state index contributed by atoms with van der Waals surface area (Å²) in [7, 11) is 0. The minimum absolute atomic E-state index is 0.165. The summed E-state index contributed by atoms with van der Waals surface area (Å²) in [4.78, 5) is 0. The zero-order valence-electron chi connectivity index (χ0n) is 29.9. The third kappa shape index (κ3) is 4.26. The van der Waals surface area contributed by atoms with E-state index in [4.69, 9.17) is 0 Å². The van der Waals surface area contributed by atoms with Gasteiger partial charge in [0.25, 0.3) is 0 Å². The first kappa shape index (κ1) is 30.1. The van der Waals surface area contributed by atoms with Gasteiger partial charge in [0.05, 0.1) is 0 Å². The zero-order valence-corrected chi connectivity index (χ0v) is 29.9. The maximum absolute atomic E-state index is 2.49. The predicted octanol–water partition coefficient (Wildman–Crippen LogP) is 13.6. The number of hydrogen-bond donors (Lipinski definition) is 0. The molecule has 0 saturated carbocycles. The molecule has 0 heterocycles. The summed E-state index contributed by atoms with van der Waals surface area (Å²) >= 11 is 0. The van der Waals surface area contributed by atoms with E-state index >= 15 is 0 Å². The molecule has 0 saturated heterocycles. The summed E-state index contributed by atoms with van der Waals surface area (Å²) in [5.74, 6) is 0. The van der Waals surface area contributed by atoms with Crippen LogP contribution in [-0.4, -0.2) is 0 Å². The molecule has 0 nitrogen and oxygen atoms in total. The minimum Gasteiger partial charge on any atom is -0.0619 e. The fourth-order valence-corrected chi connectivity index (χ4v) is 9.63. The molecule has 51 heavy (non-hydrogen) atoms. The van der Waals surface area contributed by atoms with Crippen LogP contribution in [-0.2, 0) is 10.8 Å². The summed E-state index contributed by atoms with van der Waals surface area (Å²) < 4.78 is 0. The Morgan fingerprint density at radius 3 is 1.65 bits per heavy atom. The number of benzene rings is 8. The van der Waals surface area contributed by atoms with Crippen molar-refractivity contribution in [1.82, 2.24) is 0 Å². The van der Waals surface area contributed by atoms with E-state index in [2.05, 4.69) is 186 Å². The lowest BCUT2D eigenvalue weighted by molar-refractivity contribution is 0.658. The van der Waals surface area contributed by atoms with Crippen LogP contribution in [0.1, 0.15) is 59.7 Å². The molecule has 0 radical (unpaired) electrons. The number of fused-ring (bicyclic) bond motifs is 8. The van der Waals surface area contributed by atoms with E-state index in [1.54, 1.807) is 0 Å². The van der Waals surface area contributed by atoms with Crippen molar-refractivity contribution in [1.29, 1.82) is 0 Å². The molecule has 1 unspecified atom stereocenters. The van der Waals surface area contributed by atoms with Gasteiger partial charge < -0.3 is 0 Å². The van der Waals surface area contributed by atoms with Crippen LogP contribution in [0.15, 0.2) is 152 Å². The third-order valence-corrected chi connectivity index (χ3v) is 12.2. The summed E-state index contributed by atoms with van der Waals surface area (Å²) in [6.07, 6.45) is 0. The summed E-state index contributed by atoms with van der Waals surface area (Å²) in [6.45, 7) is 11.7. The SMILES string of the molecule is Cc1ccc2ccc(-c3ccc4c(c3)C(C)(c3cccc5c3-c3cccc(-c6ccc7ccc(C)cc7c6)c3C5(C)C)c3ccccc3-4)cc2c1. The maximum Gasteiger partial charge on any atom is 0.0442 e. The van der Waals surface area contributed by atoms with Gasteiger partial charge >= 0.3 is 0 Å². The first-order valence-corrected chi connectivity index (χ1v) is 18.3. The first-order valence-electron chi connectivity index (χ1n) is 18.3. The third-order valence-electron chi connectivity index (χ3n) is 12.2. The molecule has 0 N–H and O–H groups in total. The average molecular weight is 653 g/mol. The van der Waals surface area contributed by atoms with E-state index in [-0.39, 0.29) is 10.8 Å². The van der Waals surface area contributed by atoms with Crippen molar-refractivity contribution < 1.29 is 0 Å². The highest BCUT2D eigenvalue weighted by atomic mass is 14.5. The van der Waals surface area contributed by atoms with E-state index < -0.39 is 0 Å². The second kappa shape index (κ2) is 10.6. The Hall–Kier alpha value is -5.72. The van der Waals surface area contributed by atoms with Gasteiger partial charge in [-0.15, -0.1) is 0 Å². The van der Waals surface area contributed by atoms with Crippen LogP contribution in [0.25, 0.3) is 66.1 Å².